The molecule has 0 saturated heterocycles. The summed E-state index contributed by atoms with van der Waals surface area (Å²) in [7, 11) is 0. The molecule has 1 aromatic heterocycles. The number of halogens is 2. The molecule has 0 radical (unpaired) electrons. The molecule has 4 rings (SSSR count). The molecular weight excluding hydrogens is 348 g/mol. The molecule has 138 valence electrons. The number of aryl methyl sites for hydroxylation is 1. The van der Waals surface area contributed by atoms with Gasteiger partial charge < -0.3 is 9.88 Å². The maximum atomic E-state index is 14.1. The number of aromatic nitrogens is 2. The van der Waals surface area contributed by atoms with Gasteiger partial charge in [-0.3, -0.25) is 4.79 Å². The van der Waals surface area contributed by atoms with Crippen LogP contribution in [0.3, 0.4) is 0 Å². The molecule has 0 bridgehead atoms. The van der Waals surface area contributed by atoms with E-state index in [-0.39, 0.29) is 11.8 Å². The number of fused-ring (bicyclic) bond motifs is 1. The zero-order chi connectivity index (χ0) is 18.8. The molecule has 2 heterocycles. The number of carbonyl (C=O) groups is 1. The minimum atomic E-state index is -0.441. The molecule has 4 nitrogen and oxygen atoms in total. The fourth-order valence-electron chi connectivity index (χ4n) is 3.50. The number of carbonyl (C=O) groups excluding carboxylic acids is 1. The summed E-state index contributed by atoms with van der Waals surface area (Å²) >= 11 is 0. The van der Waals surface area contributed by atoms with Crippen LogP contribution in [-0.4, -0.2) is 15.5 Å². The van der Waals surface area contributed by atoms with Gasteiger partial charge in [-0.15, -0.1) is 0 Å². The van der Waals surface area contributed by atoms with Crippen molar-refractivity contribution in [2.45, 2.75) is 31.8 Å². The van der Waals surface area contributed by atoms with Crippen molar-refractivity contribution in [3.05, 3.63) is 89.0 Å². The average molecular weight is 367 g/mol. The van der Waals surface area contributed by atoms with Gasteiger partial charge in [-0.1, -0.05) is 30.3 Å². The van der Waals surface area contributed by atoms with Gasteiger partial charge in [0.05, 0.1) is 0 Å². The van der Waals surface area contributed by atoms with Crippen molar-refractivity contribution in [3.8, 4) is 0 Å². The maximum Gasteiger partial charge on any atom is 0.271 e. The van der Waals surface area contributed by atoms with Crippen LogP contribution in [0.1, 0.15) is 39.8 Å². The van der Waals surface area contributed by atoms with Crippen LogP contribution in [0.5, 0.6) is 0 Å². The smallest absolute Gasteiger partial charge is 0.271 e. The predicted octanol–water partition coefficient (Wildman–Crippen LogP) is 3.82. The molecule has 0 aliphatic carbocycles. The average Bonchev–Trinajstić information content (AvgIpc) is 3.12. The molecule has 1 amide bonds. The molecule has 2 aromatic carbocycles. The third-order valence-corrected chi connectivity index (χ3v) is 4.92. The summed E-state index contributed by atoms with van der Waals surface area (Å²) in [6, 6.07) is 13.2. The van der Waals surface area contributed by atoms with Crippen molar-refractivity contribution >= 4 is 5.91 Å². The second-order valence-corrected chi connectivity index (χ2v) is 6.76. The number of hydrogen-bond donors (Lipinski definition) is 1. The minimum absolute atomic E-state index is 0.136. The standard InChI is InChI=1S/C21H19F2N3O/c22-16-7-8-18(23)17(10-16)15-6-9-20-25-19(13-26(20)12-15)21(27)24-11-14-4-2-1-3-5-14/h1-5,7-8,10,13,15H,6,9,11-12H2,(H,24,27)/t15-/m0/s1. The summed E-state index contributed by atoms with van der Waals surface area (Å²) in [5.41, 5.74) is 1.74. The molecule has 0 fully saturated rings. The van der Waals surface area contributed by atoms with Gasteiger partial charge in [0, 0.05) is 31.6 Å². The first-order valence-electron chi connectivity index (χ1n) is 8.93. The topological polar surface area (TPSA) is 46.9 Å². The van der Waals surface area contributed by atoms with Gasteiger partial charge in [0.2, 0.25) is 0 Å². The quantitative estimate of drug-likeness (QED) is 0.762. The van der Waals surface area contributed by atoms with Crippen molar-refractivity contribution in [3.63, 3.8) is 0 Å². The van der Waals surface area contributed by atoms with Crippen LogP contribution in [-0.2, 0) is 19.5 Å². The lowest BCUT2D eigenvalue weighted by atomic mass is 9.91. The fraction of sp³-hybridized carbons (Fsp3) is 0.238. The second kappa shape index (κ2) is 7.31. The van der Waals surface area contributed by atoms with Gasteiger partial charge >= 0.3 is 0 Å². The highest BCUT2D eigenvalue weighted by Crippen LogP contribution is 2.30. The van der Waals surface area contributed by atoms with E-state index in [2.05, 4.69) is 10.3 Å². The van der Waals surface area contributed by atoms with E-state index in [9.17, 15) is 13.6 Å². The van der Waals surface area contributed by atoms with Crippen molar-refractivity contribution in [2.75, 3.05) is 0 Å². The summed E-state index contributed by atoms with van der Waals surface area (Å²) < 4.78 is 29.4. The van der Waals surface area contributed by atoms with Gasteiger partial charge in [-0.2, -0.15) is 0 Å². The van der Waals surface area contributed by atoms with Gasteiger partial charge in [0.15, 0.2) is 0 Å². The van der Waals surface area contributed by atoms with Crippen LogP contribution in [0, 0.1) is 11.6 Å². The van der Waals surface area contributed by atoms with Gasteiger partial charge in [-0.05, 0) is 35.7 Å². The van der Waals surface area contributed by atoms with Crippen LogP contribution < -0.4 is 5.32 Å². The van der Waals surface area contributed by atoms with E-state index < -0.39 is 11.6 Å². The molecular formula is C21H19F2N3O. The zero-order valence-electron chi connectivity index (χ0n) is 14.7. The Morgan fingerprint density at radius 1 is 1.19 bits per heavy atom. The Kier molecular flexibility index (Phi) is 4.71. The first-order valence-corrected chi connectivity index (χ1v) is 8.93. The van der Waals surface area contributed by atoms with Gasteiger partial charge in [-0.25, -0.2) is 13.8 Å². The molecule has 1 aliphatic heterocycles. The van der Waals surface area contributed by atoms with E-state index in [1.165, 1.54) is 6.07 Å². The number of rotatable bonds is 4. The van der Waals surface area contributed by atoms with E-state index in [1.807, 2.05) is 34.9 Å². The van der Waals surface area contributed by atoms with Crippen molar-refractivity contribution in [1.82, 2.24) is 14.9 Å². The zero-order valence-corrected chi connectivity index (χ0v) is 14.7. The first kappa shape index (κ1) is 17.4. The molecule has 3 aromatic rings. The molecule has 0 unspecified atom stereocenters. The van der Waals surface area contributed by atoms with E-state index in [0.717, 1.165) is 23.5 Å². The van der Waals surface area contributed by atoms with Crippen molar-refractivity contribution in [1.29, 1.82) is 0 Å². The first-order chi connectivity index (χ1) is 13.1. The minimum Gasteiger partial charge on any atom is -0.347 e. The predicted molar refractivity (Wildman–Crippen MR) is 97.3 cm³/mol. The third-order valence-electron chi connectivity index (χ3n) is 4.92. The lowest BCUT2D eigenvalue weighted by molar-refractivity contribution is 0.0946. The van der Waals surface area contributed by atoms with Crippen LogP contribution in [0.15, 0.2) is 54.7 Å². The summed E-state index contributed by atoms with van der Waals surface area (Å²) in [5.74, 6) is -0.417. The molecule has 27 heavy (non-hydrogen) atoms. The van der Waals surface area contributed by atoms with Crippen LogP contribution in [0.25, 0.3) is 0 Å². The molecule has 1 N–H and O–H groups in total. The molecule has 6 heteroatoms. The van der Waals surface area contributed by atoms with E-state index in [4.69, 9.17) is 0 Å². The van der Waals surface area contributed by atoms with E-state index in [0.29, 0.717) is 37.2 Å². The highest BCUT2D eigenvalue weighted by Gasteiger charge is 2.25. The van der Waals surface area contributed by atoms with Crippen molar-refractivity contribution < 1.29 is 13.6 Å². The summed E-state index contributed by atoms with van der Waals surface area (Å²) in [4.78, 5) is 16.8. The van der Waals surface area contributed by atoms with Gasteiger partial charge in [0.1, 0.15) is 23.2 Å². The number of nitrogens with one attached hydrogen (secondary N) is 1. The maximum absolute atomic E-state index is 14.1. The fourth-order valence-corrected chi connectivity index (χ4v) is 3.50. The third kappa shape index (κ3) is 3.74. The van der Waals surface area contributed by atoms with E-state index >= 15 is 0 Å². The summed E-state index contributed by atoms with van der Waals surface area (Å²) in [5, 5.41) is 2.86. The molecule has 1 aliphatic rings. The molecule has 1 atom stereocenters. The summed E-state index contributed by atoms with van der Waals surface area (Å²) in [6.45, 7) is 0.910. The lowest BCUT2D eigenvalue weighted by Crippen LogP contribution is -2.23. The molecule has 0 saturated carbocycles. The Balaban J connectivity index is 1.47. The SMILES string of the molecule is O=C(NCc1ccccc1)c1cn2c(n1)CC[C@H](c1cc(F)ccc1F)C2. The number of benzene rings is 2. The highest BCUT2D eigenvalue weighted by atomic mass is 19.1. The van der Waals surface area contributed by atoms with Crippen LogP contribution >= 0.6 is 0 Å². The van der Waals surface area contributed by atoms with Crippen LogP contribution in [0.2, 0.25) is 0 Å². The van der Waals surface area contributed by atoms with Gasteiger partial charge in [0.25, 0.3) is 5.91 Å². The normalized spacial score (nSPS) is 16.0. The second-order valence-electron chi connectivity index (χ2n) is 6.76. The Morgan fingerprint density at radius 3 is 2.81 bits per heavy atom. The number of imidazole rings is 1. The number of amides is 1. The Hall–Kier alpha value is -3.02. The summed E-state index contributed by atoms with van der Waals surface area (Å²) in [6.07, 6.45) is 2.98. The Bertz CT molecular complexity index is 969. The van der Waals surface area contributed by atoms with Crippen molar-refractivity contribution in [2.24, 2.45) is 0 Å². The highest BCUT2D eigenvalue weighted by molar-refractivity contribution is 5.92. The number of hydrogen-bond acceptors (Lipinski definition) is 2. The molecule has 0 spiro atoms. The van der Waals surface area contributed by atoms with Crippen LogP contribution in [0.4, 0.5) is 8.78 Å². The Labute approximate surface area is 155 Å². The number of nitrogens with zero attached hydrogens (tertiary/aromatic N) is 2. The largest absolute Gasteiger partial charge is 0.347 e. The monoisotopic (exact) mass is 367 g/mol. The Morgan fingerprint density at radius 2 is 2.00 bits per heavy atom. The van der Waals surface area contributed by atoms with E-state index in [1.54, 1.807) is 6.20 Å². The lowest BCUT2D eigenvalue weighted by Gasteiger charge is -2.24.